The molecular formula is C12H15ClO2. The summed E-state index contributed by atoms with van der Waals surface area (Å²) in [5.74, 6) is -0.514. The Labute approximate surface area is 94.9 Å². The maximum absolute atomic E-state index is 10.6. The zero-order valence-electron chi connectivity index (χ0n) is 8.74. The lowest BCUT2D eigenvalue weighted by molar-refractivity contribution is -0.138. The van der Waals surface area contributed by atoms with E-state index in [1.807, 2.05) is 31.2 Å². The van der Waals surface area contributed by atoms with Crippen molar-refractivity contribution < 1.29 is 9.90 Å². The Bertz CT molecular complexity index is 319. The Morgan fingerprint density at radius 1 is 1.40 bits per heavy atom. The van der Waals surface area contributed by atoms with E-state index in [9.17, 15) is 4.79 Å². The van der Waals surface area contributed by atoms with Crippen molar-refractivity contribution in [3.8, 4) is 0 Å². The van der Waals surface area contributed by atoms with E-state index in [0.29, 0.717) is 5.02 Å². The highest BCUT2D eigenvalue weighted by Crippen LogP contribution is 2.17. The largest absolute Gasteiger partial charge is 0.481 e. The normalized spacial score (nSPS) is 12.4. The second-order valence-corrected chi connectivity index (χ2v) is 4.14. The predicted octanol–water partition coefficient (Wildman–Crippen LogP) is 3.38. The van der Waals surface area contributed by atoms with Gasteiger partial charge < -0.3 is 5.11 Å². The van der Waals surface area contributed by atoms with Gasteiger partial charge in [-0.15, -0.1) is 0 Å². The van der Waals surface area contributed by atoms with Crippen molar-refractivity contribution >= 4 is 17.6 Å². The van der Waals surface area contributed by atoms with Crippen molar-refractivity contribution in [1.82, 2.24) is 0 Å². The molecule has 15 heavy (non-hydrogen) atoms. The summed E-state index contributed by atoms with van der Waals surface area (Å²) in [6.45, 7) is 2.02. The summed E-state index contributed by atoms with van der Waals surface area (Å²) in [4.78, 5) is 10.6. The van der Waals surface area contributed by atoms with Crippen LogP contribution in [0.25, 0.3) is 0 Å². The zero-order valence-corrected chi connectivity index (χ0v) is 9.50. The Balaban J connectivity index is 2.58. The minimum Gasteiger partial charge on any atom is -0.481 e. The van der Waals surface area contributed by atoms with Gasteiger partial charge in [-0.2, -0.15) is 0 Å². The van der Waals surface area contributed by atoms with Crippen LogP contribution in [-0.2, 0) is 11.2 Å². The molecule has 0 aliphatic heterocycles. The molecule has 3 heteroatoms. The van der Waals surface area contributed by atoms with Crippen molar-refractivity contribution in [3.05, 3.63) is 34.9 Å². The summed E-state index contributed by atoms with van der Waals surface area (Å²) in [5.41, 5.74) is 1.15. The van der Waals surface area contributed by atoms with E-state index in [2.05, 4.69) is 0 Å². The number of halogens is 1. The van der Waals surface area contributed by atoms with Crippen LogP contribution in [0.15, 0.2) is 24.3 Å². The van der Waals surface area contributed by atoms with Crippen LogP contribution in [0, 0.1) is 5.92 Å². The molecule has 0 bridgehead atoms. The minimum absolute atomic E-state index is 0.212. The van der Waals surface area contributed by atoms with E-state index in [1.165, 1.54) is 0 Å². The molecule has 1 rings (SSSR count). The van der Waals surface area contributed by atoms with E-state index in [1.54, 1.807) is 0 Å². The highest BCUT2D eigenvalue weighted by atomic mass is 35.5. The van der Waals surface area contributed by atoms with Gasteiger partial charge in [-0.3, -0.25) is 4.79 Å². The second kappa shape index (κ2) is 5.76. The highest BCUT2D eigenvalue weighted by molar-refractivity contribution is 6.30. The van der Waals surface area contributed by atoms with Crippen LogP contribution in [-0.4, -0.2) is 11.1 Å². The van der Waals surface area contributed by atoms with Crippen molar-refractivity contribution in [3.63, 3.8) is 0 Å². The smallest absolute Gasteiger partial charge is 0.303 e. The Morgan fingerprint density at radius 2 is 2.00 bits per heavy atom. The Hall–Kier alpha value is -1.02. The number of carbonyl (C=O) groups is 1. The second-order valence-electron chi connectivity index (χ2n) is 3.70. The molecule has 1 atom stereocenters. The van der Waals surface area contributed by atoms with Crippen LogP contribution in [0.5, 0.6) is 0 Å². The monoisotopic (exact) mass is 226 g/mol. The van der Waals surface area contributed by atoms with Gasteiger partial charge in [-0.25, -0.2) is 0 Å². The fourth-order valence-electron chi connectivity index (χ4n) is 1.56. The number of benzene rings is 1. The third kappa shape index (κ3) is 4.34. The quantitative estimate of drug-likeness (QED) is 0.836. The highest BCUT2D eigenvalue weighted by Gasteiger charge is 2.11. The molecule has 0 aliphatic carbocycles. The van der Waals surface area contributed by atoms with Gasteiger partial charge in [0.2, 0.25) is 0 Å². The van der Waals surface area contributed by atoms with Crippen LogP contribution in [0.4, 0.5) is 0 Å². The third-order valence-electron chi connectivity index (χ3n) is 2.48. The standard InChI is InChI=1S/C12H15ClO2/c1-2-9(8-12(14)15)7-10-3-5-11(13)6-4-10/h3-6,9H,2,7-8H2,1H3,(H,14,15). The van der Waals surface area contributed by atoms with Crippen LogP contribution in [0.3, 0.4) is 0 Å². The molecule has 0 amide bonds. The lowest BCUT2D eigenvalue weighted by atomic mass is 9.94. The molecule has 82 valence electrons. The van der Waals surface area contributed by atoms with Crippen molar-refractivity contribution in [2.45, 2.75) is 26.2 Å². The topological polar surface area (TPSA) is 37.3 Å². The SMILES string of the molecule is CCC(CC(=O)O)Cc1ccc(Cl)cc1. The van der Waals surface area contributed by atoms with Gasteiger partial charge in [-0.05, 0) is 30.0 Å². The van der Waals surface area contributed by atoms with Crippen molar-refractivity contribution in [2.24, 2.45) is 5.92 Å². The molecule has 2 nitrogen and oxygen atoms in total. The minimum atomic E-state index is -0.726. The van der Waals surface area contributed by atoms with Gasteiger partial charge in [-0.1, -0.05) is 37.1 Å². The van der Waals surface area contributed by atoms with Gasteiger partial charge in [0.25, 0.3) is 0 Å². The van der Waals surface area contributed by atoms with E-state index < -0.39 is 5.97 Å². The number of rotatable bonds is 5. The summed E-state index contributed by atoms with van der Waals surface area (Å²) in [7, 11) is 0. The van der Waals surface area contributed by atoms with Crippen LogP contribution in [0.1, 0.15) is 25.3 Å². The molecule has 0 heterocycles. The molecule has 1 aromatic rings. The fourth-order valence-corrected chi connectivity index (χ4v) is 1.69. The maximum Gasteiger partial charge on any atom is 0.303 e. The fraction of sp³-hybridized carbons (Fsp3) is 0.417. The lowest BCUT2D eigenvalue weighted by Crippen LogP contribution is -2.09. The molecule has 1 aromatic carbocycles. The first-order valence-corrected chi connectivity index (χ1v) is 5.46. The first-order chi connectivity index (χ1) is 7.11. The first-order valence-electron chi connectivity index (χ1n) is 5.08. The van der Waals surface area contributed by atoms with Crippen molar-refractivity contribution in [2.75, 3.05) is 0 Å². The number of aliphatic carboxylic acids is 1. The summed E-state index contributed by atoms with van der Waals surface area (Å²) in [6.07, 6.45) is 1.92. The molecule has 0 aromatic heterocycles. The average Bonchev–Trinajstić information content (AvgIpc) is 2.19. The molecule has 0 saturated carbocycles. The number of carboxylic acid groups (broad SMARTS) is 1. The molecule has 1 N–H and O–H groups in total. The number of hydrogen-bond donors (Lipinski definition) is 1. The van der Waals surface area contributed by atoms with Gasteiger partial charge in [0.15, 0.2) is 0 Å². The lowest BCUT2D eigenvalue weighted by Gasteiger charge is -2.12. The number of hydrogen-bond acceptors (Lipinski definition) is 1. The molecule has 0 radical (unpaired) electrons. The van der Waals surface area contributed by atoms with E-state index in [-0.39, 0.29) is 12.3 Å². The molecule has 0 aliphatic rings. The van der Waals surface area contributed by atoms with Gasteiger partial charge >= 0.3 is 5.97 Å². The van der Waals surface area contributed by atoms with Crippen molar-refractivity contribution in [1.29, 1.82) is 0 Å². The predicted molar refractivity (Wildman–Crippen MR) is 61.2 cm³/mol. The van der Waals surface area contributed by atoms with Gasteiger partial charge in [0.05, 0.1) is 0 Å². The van der Waals surface area contributed by atoms with Crippen LogP contribution >= 0.6 is 11.6 Å². The maximum atomic E-state index is 10.6. The summed E-state index contributed by atoms with van der Waals surface area (Å²) < 4.78 is 0. The van der Waals surface area contributed by atoms with Gasteiger partial charge in [0, 0.05) is 11.4 Å². The van der Waals surface area contributed by atoms with E-state index in [0.717, 1.165) is 18.4 Å². The summed E-state index contributed by atoms with van der Waals surface area (Å²) in [6, 6.07) is 7.58. The summed E-state index contributed by atoms with van der Waals surface area (Å²) >= 11 is 5.77. The molecular weight excluding hydrogens is 212 g/mol. The molecule has 0 fully saturated rings. The van der Waals surface area contributed by atoms with E-state index >= 15 is 0 Å². The van der Waals surface area contributed by atoms with Crippen LogP contribution < -0.4 is 0 Å². The van der Waals surface area contributed by atoms with Gasteiger partial charge in [0.1, 0.15) is 0 Å². The Kier molecular flexibility index (Phi) is 4.63. The summed E-state index contributed by atoms with van der Waals surface area (Å²) in [5, 5.41) is 9.43. The van der Waals surface area contributed by atoms with Crippen LogP contribution in [0.2, 0.25) is 5.02 Å². The molecule has 0 saturated heterocycles. The molecule has 0 spiro atoms. The first kappa shape index (κ1) is 12.1. The number of carboxylic acids is 1. The molecule has 1 unspecified atom stereocenters. The zero-order chi connectivity index (χ0) is 11.3. The van der Waals surface area contributed by atoms with E-state index in [4.69, 9.17) is 16.7 Å². The third-order valence-corrected chi connectivity index (χ3v) is 2.73. The Morgan fingerprint density at radius 3 is 2.47 bits per heavy atom. The average molecular weight is 227 g/mol.